The fourth-order valence-corrected chi connectivity index (χ4v) is 1.32. The molecule has 0 spiro atoms. The zero-order valence-electron chi connectivity index (χ0n) is 8.18. The molecule has 0 amide bonds. The lowest BCUT2D eigenvalue weighted by Crippen LogP contribution is -2.01. The van der Waals surface area contributed by atoms with Gasteiger partial charge in [-0.3, -0.25) is 0 Å². The Bertz CT molecular complexity index is 479. The van der Waals surface area contributed by atoms with Crippen LogP contribution < -0.4 is 5.73 Å². The number of tetrazole rings is 1. The van der Waals surface area contributed by atoms with Gasteiger partial charge in [0, 0.05) is 12.2 Å². The molecule has 0 fully saturated rings. The Morgan fingerprint density at radius 1 is 1.47 bits per heavy atom. The highest BCUT2D eigenvalue weighted by atomic mass is 19.1. The summed E-state index contributed by atoms with van der Waals surface area (Å²) in [7, 11) is 0. The molecule has 1 aromatic heterocycles. The highest BCUT2D eigenvalue weighted by Gasteiger charge is 2.12. The molecule has 1 aromatic carbocycles. The standard InChI is InChI=1S/C9H10FN5/c1-2-15-9(12-13-14-15)7-4-3-6(11)5-8(7)10/h3-5H,2,11H2,1H3. The van der Waals surface area contributed by atoms with Crippen molar-refractivity contribution < 1.29 is 4.39 Å². The number of hydrogen-bond acceptors (Lipinski definition) is 4. The maximum atomic E-state index is 13.5. The van der Waals surface area contributed by atoms with Crippen molar-refractivity contribution in [3.8, 4) is 11.4 Å². The van der Waals surface area contributed by atoms with E-state index in [1.807, 2.05) is 6.92 Å². The maximum Gasteiger partial charge on any atom is 0.184 e. The normalized spacial score (nSPS) is 10.5. The minimum atomic E-state index is -0.417. The summed E-state index contributed by atoms with van der Waals surface area (Å²) in [5.74, 6) is -0.00509. The minimum absolute atomic E-state index is 0.357. The van der Waals surface area contributed by atoms with Crippen LogP contribution in [-0.4, -0.2) is 20.2 Å². The van der Waals surface area contributed by atoms with E-state index in [1.165, 1.54) is 10.7 Å². The van der Waals surface area contributed by atoms with E-state index in [0.717, 1.165) is 0 Å². The highest BCUT2D eigenvalue weighted by Crippen LogP contribution is 2.21. The third kappa shape index (κ3) is 1.65. The molecule has 1 heterocycles. The van der Waals surface area contributed by atoms with Crippen molar-refractivity contribution >= 4 is 5.69 Å². The largest absolute Gasteiger partial charge is 0.399 e. The van der Waals surface area contributed by atoms with Gasteiger partial charge >= 0.3 is 0 Å². The second kappa shape index (κ2) is 3.64. The Labute approximate surface area is 85.7 Å². The first-order valence-corrected chi connectivity index (χ1v) is 4.54. The summed E-state index contributed by atoms with van der Waals surface area (Å²) in [6, 6.07) is 4.44. The molecule has 15 heavy (non-hydrogen) atoms. The molecule has 0 aliphatic heterocycles. The number of rotatable bonds is 2. The molecule has 0 radical (unpaired) electrons. The van der Waals surface area contributed by atoms with E-state index in [1.54, 1.807) is 12.1 Å². The van der Waals surface area contributed by atoms with E-state index in [9.17, 15) is 4.39 Å². The van der Waals surface area contributed by atoms with Gasteiger partial charge in [0.1, 0.15) is 5.82 Å². The van der Waals surface area contributed by atoms with Crippen molar-refractivity contribution in [1.29, 1.82) is 0 Å². The maximum absolute atomic E-state index is 13.5. The van der Waals surface area contributed by atoms with Crippen LogP contribution in [0.4, 0.5) is 10.1 Å². The molecule has 2 aromatic rings. The Hall–Kier alpha value is -1.98. The van der Waals surface area contributed by atoms with Gasteiger partial charge < -0.3 is 5.73 Å². The van der Waals surface area contributed by atoms with Gasteiger partial charge in [-0.25, -0.2) is 9.07 Å². The molecule has 78 valence electrons. The molecular weight excluding hydrogens is 197 g/mol. The second-order valence-electron chi connectivity index (χ2n) is 3.06. The number of nitrogens with zero attached hydrogens (tertiary/aromatic N) is 4. The van der Waals surface area contributed by atoms with Crippen molar-refractivity contribution in [2.24, 2.45) is 0 Å². The van der Waals surface area contributed by atoms with E-state index >= 15 is 0 Å². The lowest BCUT2D eigenvalue weighted by atomic mass is 10.2. The number of benzene rings is 1. The van der Waals surface area contributed by atoms with Crippen LogP contribution in [0.3, 0.4) is 0 Å². The number of hydrogen-bond donors (Lipinski definition) is 1. The summed E-state index contributed by atoms with van der Waals surface area (Å²) in [6.07, 6.45) is 0. The van der Waals surface area contributed by atoms with Crippen LogP contribution in [0.15, 0.2) is 18.2 Å². The van der Waals surface area contributed by atoms with Crippen LogP contribution in [0.5, 0.6) is 0 Å². The topological polar surface area (TPSA) is 69.6 Å². The Kier molecular flexibility index (Phi) is 2.32. The predicted octanol–water partition coefficient (Wildman–Crippen LogP) is 1.08. The monoisotopic (exact) mass is 207 g/mol. The van der Waals surface area contributed by atoms with Gasteiger partial charge in [0.25, 0.3) is 0 Å². The predicted molar refractivity (Wildman–Crippen MR) is 53.3 cm³/mol. The van der Waals surface area contributed by atoms with Crippen LogP contribution in [0.2, 0.25) is 0 Å². The van der Waals surface area contributed by atoms with Gasteiger partial charge in [-0.2, -0.15) is 0 Å². The lowest BCUT2D eigenvalue weighted by Gasteiger charge is -2.03. The van der Waals surface area contributed by atoms with Crippen LogP contribution >= 0.6 is 0 Å². The average molecular weight is 207 g/mol. The summed E-state index contributed by atoms with van der Waals surface area (Å²) in [6.45, 7) is 2.47. The summed E-state index contributed by atoms with van der Waals surface area (Å²) in [5, 5.41) is 11.0. The number of aromatic nitrogens is 4. The molecule has 0 bridgehead atoms. The van der Waals surface area contributed by atoms with Gasteiger partial charge in [0.05, 0.1) is 5.56 Å². The van der Waals surface area contributed by atoms with E-state index in [-0.39, 0.29) is 0 Å². The van der Waals surface area contributed by atoms with Gasteiger partial charge in [0.15, 0.2) is 5.82 Å². The van der Waals surface area contributed by atoms with Gasteiger partial charge in [0.2, 0.25) is 0 Å². The fourth-order valence-electron chi connectivity index (χ4n) is 1.32. The lowest BCUT2D eigenvalue weighted by molar-refractivity contribution is 0.613. The second-order valence-corrected chi connectivity index (χ2v) is 3.06. The average Bonchev–Trinajstić information content (AvgIpc) is 2.65. The third-order valence-electron chi connectivity index (χ3n) is 2.07. The summed E-state index contributed by atoms with van der Waals surface area (Å²) < 4.78 is 15.1. The van der Waals surface area contributed by atoms with Crippen molar-refractivity contribution in [1.82, 2.24) is 20.2 Å². The molecule has 0 saturated carbocycles. The zero-order valence-corrected chi connectivity index (χ0v) is 8.18. The fraction of sp³-hybridized carbons (Fsp3) is 0.222. The summed E-state index contributed by atoms with van der Waals surface area (Å²) in [5.41, 5.74) is 6.19. The van der Waals surface area contributed by atoms with Crippen molar-refractivity contribution in [2.75, 3.05) is 5.73 Å². The molecule has 0 aliphatic carbocycles. The van der Waals surface area contributed by atoms with E-state index in [2.05, 4.69) is 15.5 Å². The van der Waals surface area contributed by atoms with Crippen LogP contribution in [-0.2, 0) is 6.54 Å². The molecule has 2 rings (SSSR count). The third-order valence-corrected chi connectivity index (χ3v) is 2.07. The van der Waals surface area contributed by atoms with E-state index in [0.29, 0.717) is 23.6 Å². The molecule has 6 heteroatoms. The molecule has 0 aliphatic rings. The first-order valence-electron chi connectivity index (χ1n) is 4.54. The van der Waals surface area contributed by atoms with Gasteiger partial charge in [-0.05, 0) is 35.5 Å². The molecule has 0 unspecified atom stereocenters. The van der Waals surface area contributed by atoms with E-state index < -0.39 is 5.82 Å². The van der Waals surface area contributed by atoms with Crippen molar-refractivity contribution in [3.63, 3.8) is 0 Å². The SMILES string of the molecule is CCn1nnnc1-c1ccc(N)cc1F. The smallest absolute Gasteiger partial charge is 0.184 e. The molecule has 5 nitrogen and oxygen atoms in total. The van der Waals surface area contributed by atoms with Gasteiger partial charge in [-0.15, -0.1) is 5.10 Å². The van der Waals surface area contributed by atoms with Gasteiger partial charge in [-0.1, -0.05) is 0 Å². The molecular formula is C9H10FN5. The number of anilines is 1. The van der Waals surface area contributed by atoms with Crippen LogP contribution in [0.25, 0.3) is 11.4 Å². The number of nitrogens with two attached hydrogens (primary N) is 1. The highest BCUT2D eigenvalue weighted by molar-refractivity contribution is 5.59. The Morgan fingerprint density at radius 3 is 2.93 bits per heavy atom. The van der Waals surface area contributed by atoms with Crippen LogP contribution in [0.1, 0.15) is 6.92 Å². The van der Waals surface area contributed by atoms with E-state index in [4.69, 9.17) is 5.73 Å². The molecule has 2 N–H and O–H groups in total. The zero-order chi connectivity index (χ0) is 10.8. The van der Waals surface area contributed by atoms with Crippen molar-refractivity contribution in [3.05, 3.63) is 24.0 Å². The first-order chi connectivity index (χ1) is 7.22. The molecule has 0 atom stereocenters. The Balaban J connectivity index is 2.54. The van der Waals surface area contributed by atoms with Crippen molar-refractivity contribution in [2.45, 2.75) is 13.5 Å². The number of halogens is 1. The Morgan fingerprint density at radius 2 is 2.27 bits per heavy atom. The van der Waals surface area contributed by atoms with Crippen LogP contribution in [0, 0.1) is 5.82 Å². The summed E-state index contributed by atoms with van der Waals surface area (Å²) >= 11 is 0. The minimum Gasteiger partial charge on any atom is -0.399 e. The number of aryl methyl sites for hydroxylation is 1. The first kappa shape index (κ1) is 9.57. The summed E-state index contributed by atoms with van der Waals surface area (Å²) in [4.78, 5) is 0. The quantitative estimate of drug-likeness (QED) is 0.748. The molecule has 0 saturated heterocycles. The number of nitrogen functional groups attached to an aromatic ring is 1.